The van der Waals surface area contributed by atoms with Crippen molar-refractivity contribution in [2.45, 2.75) is 25.9 Å². The van der Waals surface area contributed by atoms with Crippen LogP contribution in [0.2, 0.25) is 0 Å². The molecule has 0 aliphatic rings. The van der Waals surface area contributed by atoms with Gasteiger partial charge in [-0.25, -0.2) is 4.79 Å². The Morgan fingerprint density at radius 3 is 2.47 bits per heavy atom. The first-order valence-electron chi connectivity index (χ1n) is 5.46. The molecule has 5 nitrogen and oxygen atoms in total. The van der Waals surface area contributed by atoms with E-state index in [0.29, 0.717) is 12.6 Å². The molecule has 100 valence electrons. The number of esters is 1. The summed E-state index contributed by atoms with van der Waals surface area (Å²) in [6, 6.07) is -0.266. The molecule has 0 saturated heterocycles. The predicted octanol–water partition coefficient (Wildman–Crippen LogP) is 0.347. The van der Waals surface area contributed by atoms with Crippen molar-refractivity contribution in [2.75, 3.05) is 32.7 Å². The van der Waals surface area contributed by atoms with Gasteiger partial charge in [-0.05, 0) is 20.2 Å². The lowest BCUT2D eigenvalue weighted by Crippen LogP contribution is -2.49. The molecule has 0 aliphatic heterocycles. The molecule has 0 aliphatic carbocycles. The molecule has 0 aromatic carbocycles. The van der Waals surface area contributed by atoms with Crippen molar-refractivity contribution in [1.82, 2.24) is 10.2 Å². The molecule has 0 heterocycles. The maximum absolute atomic E-state index is 11.5. The number of thioether (sulfide) groups is 1. The largest absolute Gasteiger partial charge is 0.467 e. The van der Waals surface area contributed by atoms with Crippen LogP contribution < -0.4 is 5.32 Å². The van der Waals surface area contributed by atoms with Crippen molar-refractivity contribution < 1.29 is 14.3 Å². The summed E-state index contributed by atoms with van der Waals surface area (Å²) in [6.07, 6.45) is 2.04. The molecular weight excluding hydrogens is 240 g/mol. The minimum absolute atomic E-state index is 0.230. The first kappa shape index (κ1) is 16.2. The fourth-order valence-electron chi connectivity index (χ4n) is 1.40. The Hall–Kier alpha value is -0.750. The van der Waals surface area contributed by atoms with Crippen LogP contribution in [-0.2, 0) is 14.3 Å². The lowest BCUT2D eigenvalue weighted by Gasteiger charge is -2.27. The molecule has 0 bridgehead atoms. The second kappa shape index (κ2) is 8.36. The molecule has 0 aromatic rings. The van der Waals surface area contributed by atoms with E-state index in [-0.39, 0.29) is 5.91 Å². The topological polar surface area (TPSA) is 58.6 Å². The fourth-order valence-corrected chi connectivity index (χ4v) is 2.14. The molecule has 2 unspecified atom stereocenters. The Bertz CT molecular complexity index is 261. The van der Waals surface area contributed by atoms with E-state index in [2.05, 4.69) is 17.0 Å². The number of hydrogen-bond acceptors (Lipinski definition) is 5. The number of amides is 1. The molecule has 0 fully saturated rings. The van der Waals surface area contributed by atoms with E-state index in [0.717, 1.165) is 5.75 Å². The minimum atomic E-state index is -0.605. The third-order valence-corrected chi connectivity index (χ3v) is 3.31. The zero-order valence-corrected chi connectivity index (χ0v) is 12.0. The highest BCUT2D eigenvalue weighted by Crippen LogP contribution is 2.05. The second-order valence-corrected chi connectivity index (χ2v) is 4.93. The first-order chi connectivity index (χ1) is 7.92. The summed E-state index contributed by atoms with van der Waals surface area (Å²) >= 11 is 1.75. The van der Waals surface area contributed by atoms with Crippen molar-refractivity contribution in [1.29, 1.82) is 0 Å². The van der Waals surface area contributed by atoms with Crippen LogP contribution in [0.5, 0.6) is 0 Å². The van der Waals surface area contributed by atoms with Gasteiger partial charge >= 0.3 is 5.97 Å². The van der Waals surface area contributed by atoms with E-state index in [1.54, 1.807) is 11.8 Å². The van der Waals surface area contributed by atoms with E-state index in [4.69, 9.17) is 0 Å². The van der Waals surface area contributed by atoms with E-state index < -0.39 is 12.0 Å². The zero-order chi connectivity index (χ0) is 13.4. The Kier molecular flexibility index (Phi) is 7.99. The highest BCUT2D eigenvalue weighted by molar-refractivity contribution is 7.98. The Morgan fingerprint density at radius 1 is 1.47 bits per heavy atom. The van der Waals surface area contributed by atoms with E-state index in [1.165, 1.54) is 14.0 Å². The summed E-state index contributed by atoms with van der Waals surface area (Å²) < 4.78 is 4.67. The van der Waals surface area contributed by atoms with Gasteiger partial charge in [0.15, 0.2) is 0 Å². The summed E-state index contributed by atoms with van der Waals surface area (Å²) in [7, 11) is 3.25. The monoisotopic (exact) mass is 262 g/mol. The van der Waals surface area contributed by atoms with Gasteiger partial charge in [-0.15, -0.1) is 0 Å². The molecule has 0 spiro atoms. The lowest BCUT2D eigenvalue weighted by molar-refractivity contribution is -0.145. The Morgan fingerprint density at radius 2 is 2.06 bits per heavy atom. The number of carbonyl (C=O) groups is 2. The summed E-state index contributed by atoms with van der Waals surface area (Å²) in [4.78, 5) is 24.5. The summed E-state index contributed by atoms with van der Waals surface area (Å²) in [5.41, 5.74) is 0. The molecular formula is C11H22N2O3S. The van der Waals surface area contributed by atoms with E-state index in [1.807, 2.05) is 18.2 Å². The second-order valence-electron chi connectivity index (χ2n) is 4.02. The standard InChI is InChI=1S/C11H22N2O3S/c1-8(7-17-5)13(3)6-10(11(15)16-4)12-9(2)14/h8,10H,6-7H2,1-5H3,(H,12,14). The molecule has 0 rings (SSSR count). The number of methoxy groups -OCH3 is 1. The summed E-state index contributed by atoms with van der Waals surface area (Å²) in [5, 5.41) is 2.60. The van der Waals surface area contributed by atoms with Gasteiger partial charge in [0.05, 0.1) is 7.11 Å². The highest BCUT2D eigenvalue weighted by atomic mass is 32.2. The number of rotatable bonds is 7. The Balaban J connectivity index is 4.41. The number of hydrogen-bond donors (Lipinski definition) is 1. The molecule has 17 heavy (non-hydrogen) atoms. The van der Waals surface area contributed by atoms with Gasteiger partial charge in [0.2, 0.25) is 5.91 Å². The number of nitrogens with zero attached hydrogens (tertiary/aromatic N) is 1. The van der Waals surface area contributed by atoms with Crippen molar-refractivity contribution in [3.8, 4) is 0 Å². The van der Waals surface area contributed by atoms with Crippen LogP contribution >= 0.6 is 11.8 Å². The van der Waals surface area contributed by atoms with Gasteiger partial charge in [0.25, 0.3) is 0 Å². The fraction of sp³-hybridized carbons (Fsp3) is 0.818. The van der Waals surface area contributed by atoms with Crippen LogP contribution in [0.15, 0.2) is 0 Å². The van der Waals surface area contributed by atoms with Crippen molar-refractivity contribution in [3.05, 3.63) is 0 Å². The third kappa shape index (κ3) is 6.53. The maximum Gasteiger partial charge on any atom is 0.329 e. The van der Waals surface area contributed by atoms with Crippen molar-refractivity contribution in [2.24, 2.45) is 0 Å². The van der Waals surface area contributed by atoms with Crippen LogP contribution in [0.1, 0.15) is 13.8 Å². The van der Waals surface area contributed by atoms with E-state index >= 15 is 0 Å². The zero-order valence-electron chi connectivity index (χ0n) is 11.1. The lowest BCUT2D eigenvalue weighted by atomic mass is 10.2. The number of nitrogens with one attached hydrogen (secondary N) is 1. The quantitative estimate of drug-likeness (QED) is 0.671. The molecule has 2 atom stereocenters. The number of likely N-dealkylation sites (N-methyl/N-ethyl adjacent to an activating group) is 1. The average molecular weight is 262 g/mol. The van der Waals surface area contributed by atoms with Crippen molar-refractivity contribution in [3.63, 3.8) is 0 Å². The number of ether oxygens (including phenoxy) is 1. The molecule has 0 radical (unpaired) electrons. The summed E-state index contributed by atoms with van der Waals surface area (Å²) in [5.74, 6) is 0.333. The first-order valence-corrected chi connectivity index (χ1v) is 6.85. The van der Waals surface area contributed by atoms with Crippen LogP contribution in [0.4, 0.5) is 0 Å². The highest BCUT2D eigenvalue weighted by Gasteiger charge is 2.23. The average Bonchev–Trinajstić information content (AvgIpc) is 2.26. The van der Waals surface area contributed by atoms with Gasteiger partial charge in [-0.3, -0.25) is 4.79 Å². The van der Waals surface area contributed by atoms with E-state index in [9.17, 15) is 9.59 Å². The Labute approximate surface area is 107 Å². The SMILES string of the molecule is COC(=O)C(CN(C)C(C)CSC)NC(C)=O. The van der Waals surface area contributed by atoms with Crippen LogP contribution in [-0.4, -0.2) is 61.6 Å². The van der Waals surface area contributed by atoms with Gasteiger partial charge in [-0.1, -0.05) is 0 Å². The smallest absolute Gasteiger partial charge is 0.329 e. The van der Waals surface area contributed by atoms with Crippen LogP contribution in [0.3, 0.4) is 0 Å². The van der Waals surface area contributed by atoms with Gasteiger partial charge < -0.3 is 15.0 Å². The van der Waals surface area contributed by atoms with Gasteiger partial charge in [0.1, 0.15) is 6.04 Å². The molecule has 0 saturated carbocycles. The van der Waals surface area contributed by atoms with Crippen LogP contribution in [0.25, 0.3) is 0 Å². The number of carbonyl (C=O) groups excluding carboxylic acids is 2. The van der Waals surface area contributed by atoms with Gasteiger partial charge in [0, 0.05) is 25.3 Å². The van der Waals surface area contributed by atoms with Gasteiger partial charge in [-0.2, -0.15) is 11.8 Å². The molecule has 1 N–H and O–H groups in total. The normalized spacial score (nSPS) is 14.2. The third-order valence-electron chi connectivity index (χ3n) is 2.49. The van der Waals surface area contributed by atoms with Crippen LogP contribution in [0, 0.1) is 0 Å². The molecule has 1 amide bonds. The maximum atomic E-state index is 11.5. The molecule has 6 heteroatoms. The molecule has 0 aromatic heterocycles. The summed E-state index contributed by atoms with van der Waals surface area (Å²) in [6.45, 7) is 3.92. The predicted molar refractivity (Wildman–Crippen MR) is 70.1 cm³/mol. The van der Waals surface area contributed by atoms with Crippen molar-refractivity contribution >= 4 is 23.6 Å². The minimum Gasteiger partial charge on any atom is -0.467 e.